The first-order chi connectivity index (χ1) is 7.66. The SMILES string of the molecule is O=C(O)CN(C(=O)NC1CCSC1)C1CC1. The molecule has 2 aliphatic rings. The lowest BCUT2D eigenvalue weighted by atomic mass is 10.3. The number of carboxylic acids is 1. The van der Waals surface area contributed by atoms with Crippen molar-refractivity contribution in [2.75, 3.05) is 18.1 Å². The second kappa shape index (κ2) is 4.95. The summed E-state index contributed by atoms with van der Waals surface area (Å²) in [6, 6.07) is 0.148. The van der Waals surface area contributed by atoms with Crippen LogP contribution in [0, 0.1) is 0 Å². The minimum atomic E-state index is -0.942. The Morgan fingerprint density at radius 2 is 2.12 bits per heavy atom. The number of carbonyl (C=O) groups is 2. The fourth-order valence-electron chi connectivity index (χ4n) is 1.80. The molecule has 16 heavy (non-hydrogen) atoms. The number of thioether (sulfide) groups is 1. The zero-order valence-corrected chi connectivity index (χ0v) is 9.83. The first-order valence-corrected chi connectivity index (χ1v) is 6.69. The molecule has 1 aliphatic carbocycles. The molecule has 1 heterocycles. The summed E-state index contributed by atoms with van der Waals surface area (Å²) in [7, 11) is 0. The van der Waals surface area contributed by atoms with Gasteiger partial charge in [-0.15, -0.1) is 0 Å². The van der Waals surface area contributed by atoms with Crippen molar-refractivity contribution in [3.8, 4) is 0 Å². The lowest BCUT2D eigenvalue weighted by Gasteiger charge is -2.22. The van der Waals surface area contributed by atoms with Crippen molar-refractivity contribution in [1.82, 2.24) is 10.2 Å². The first-order valence-electron chi connectivity index (χ1n) is 5.53. The van der Waals surface area contributed by atoms with Crippen LogP contribution in [0.3, 0.4) is 0 Å². The molecule has 0 bridgehead atoms. The summed E-state index contributed by atoms with van der Waals surface area (Å²) in [6.45, 7) is -0.184. The van der Waals surface area contributed by atoms with Crippen molar-refractivity contribution in [3.63, 3.8) is 0 Å². The maximum Gasteiger partial charge on any atom is 0.323 e. The molecule has 0 aromatic heterocycles. The van der Waals surface area contributed by atoms with Gasteiger partial charge in [0.2, 0.25) is 0 Å². The van der Waals surface area contributed by atoms with Gasteiger partial charge in [-0.3, -0.25) is 4.79 Å². The molecule has 2 N–H and O–H groups in total. The predicted molar refractivity (Wildman–Crippen MR) is 61.6 cm³/mol. The Morgan fingerprint density at radius 3 is 2.62 bits per heavy atom. The van der Waals surface area contributed by atoms with E-state index < -0.39 is 5.97 Å². The van der Waals surface area contributed by atoms with Crippen LogP contribution in [0.5, 0.6) is 0 Å². The highest BCUT2D eigenvalue weighted by molar-refractivity contribution is 7.99. The molecule has 0 aromatic carbocycles. The molecule has 2 amide bonds. The van der Waals surface area contributed by atoms with Gasteiger partial charge in [0, 0.05) is 17.8 Å². The van der Waals surface area contributed by atoms with Crippen LogP contribution in [-0.4, -0.2) is 52.1 Å². The zero-order chi connectivity index (χ0) is 11.5. The van der Waals surface area contributed by atoms with Gasteiger partial charge >= 0.3 is 12.0 Å². The van der Waals surface area contributed by atoms with E-state index in [0.717, 1.165) is 30.8 Å². The molecule has 1 saturated heterocycles. The van der Waals surface area contributed by atoms with Crippen molar-refractivity contribution in [1.29, 1.82) is 0 Å². The zero-order valence-electron chi connectivity index (χ0n) is 9.02. The molecule has 0 radical (unpaired) electrons. The molecule has 0 aromatic rings. The summed E-state index contributed by atoms with van der Waals surface area (Å²) in [5.74, 6) is 1.08. The third-order valence-electron chi connectivity index (χ3n) is 2.81. The van der Waals surface area contributed by atoms with E-state index in [2.05, 4.69) is 5.32 Å². The molecule has 0 spiro atoms. The number of nitrogens with one attached hydrogen (secondary N) is 1. The number of nitrogens with zero attached hydrogens (tertiary/aromatic N) is 1. The van der Waals surface area contributed by atoms with Gasteiger partial charge in [-0.2, -0.15) is 11.8 Å². The van der Waals surface area contributed by atoms with Gasteiger partial charge in [-0.1, -0.05) is 0 Å². The number of carboxylic acid groups (broad SMARTS) is 1. The van der Waals surface area contributed by atoms with E-state index in [1.54, 1.807) is 0 Å². The van der Waals surface area contributed by atoms with E-state index in [0.29, 0.717) is 0 Å². The number of urea groups is 1. The summed E-state index contributed by atoms with van der Waals surface area (Å²) in [5, 5.41) is 11.7. The number of hydrogen-bond donors (Lipinski definition) is 2. The van der Waals surface area contributed by atoms with Gasteiger partial charge < -0.3 is 15.3 Å². The van der Waals surface area contributed by atoms with E-state index in [9.17, 15) is 9.59 Å². The van der Waals surface area contributed by atoms with Gasteiger partial charge in [0.15, 0.2) is 0 Å². The van der Waals surface area contributed by atoms with E-state index >= 15 is 0 Å². The minimum Gasteiger partial charge on any atom is -0.480 e. The topological polar surface area (TPSA) is 69.6 Å². The smallest absolute Gasteiger partial charge is 0.323 e. The van der Waals surface area contributed by atoms with Gasteiger partial charge in [0.25, 0.3) is 0 Å². The Morgan fingerprint density at radius 1 is 1.38 bits per heavy atom. The fraction of sp³-hybridized carbons (Fsp3) is 0.800. The second-order valence-corrected chi connectivity index (χ2v) is 5.41. The number of aliphatic carboxylic acids is 1. The Kier molecular flexibility index (Phi) is 3.58. The van der Waals surface area contributed by atoms with Crippen LogP contribution >= 0.6 is 11.8 Å². The maximum absolute atomic E-state index is 11.9. The molecule has 2 fully saturated rings. The van der Waals surface area contributed by atoms with Crippen LogP contribution in [-0.2, 0) is 4.79 Å². The number of amides is 2. The van der Waals surface area contributed by atoms with Crippen molar-refractivity contribution >= 4 is 23.8 Å². The second-order valence-electron chi connectivity index (χ2n) is 4.26. The molecule has 1 saturated carbocycles. The van der Waals surface area contributed by atoms with Crippen LogP contribution in [0.1, 0.15) is 19.3 Å². The third kappa shape index (κ3) is 3.04. The van der Waals surface area contributed by atoms with Crippen molar-refractivity contribution in [3.05, 3.63) is 0 Å². The Hall–Kier alpha value is -0.910. The van der Waals surface area contributed by atoms with Crippen LogP contribution in [0.4, 0.5) is 4.79 Å². The monoisotopic (exact) mass is 244 g/mol. The van der Waals surface area contributed by atoms with Gasteiger partial charge in [0.05, 0.1) is 0 Å². The maximum atomic E-state index is 11.9. The summed E-state index contributed by atoms with van der Waals surface area (Å²) < 4.78 is 0. The Labute approximate surface area is 98.6 Å². The highest BCUT2D eigenvalue weighted by atomic mass is 32.2. The summed E-state index contributed by atoms with van der Waals surface area (Å²) in [4.78, 5) is 24.0. The fourth-order valence-corrected chi connectivity index (χ4v) is 2.96. The quantitative estimate of drug-likeness (QED) is 0.765. The summed E-state index contributed by atoms with van der Waals surface area (Å²) >= 11 is 1.82. The van der Waals surface area contributed by atoms with E-state index in [1.165, 1.54) is 4.90 Å². The highest BCUT2D eigenvalue weighted by Crippen LogP contribution is 2.27. The van der Waals surface area contributed by atoms with E-state index in [-0.39, 0.29) is 24.7 Å². The summed E-state index contributed by atoms with van der Waals surface area (Å²) in [5.41, 5.74) is 0. The van der Waals surface area contributed by atoms with Crippen molar-refractivity contribution in [2.24, 2.45) is 0 Å². The molecule has 5 nitrogen and oxygen atoms in total. The van der Waals surface area contributed by atoms with Crippen molar-refractivity contribution < 1.29 is 14.7 Å². The predicted octanol–water partition coefficient (Wildman–Crippen LogP) is 0.751. The molecule has 90 valence electrons. The number of rotatable bonds is 4. The van der Waals surface area contributed by atoms with Crippen LogP contribution in [0.25, 0.3) is 0 Å². The average Bonchev–Trinajstić information content (AvgIpc) is 2.94. The minimum absolute atomic E-state index is 0.144. The standard InChI is InChI=1S/C10H16N2O3S/c13-9(14)5-12(8-1-2-8)10(15)11-7-3-4-16-6-7/h7-8H,1-6H2,(H,11,15)(H,13,14). The van der Waals surface area contributed by atoms with Crippen LogP contribution in [0.15, 0.2) is 0 Å². The molecule has 2 rings (SSSR count). The molecule has 1 atom stereocenters. The highest BCUT2D eigenvalue weighted by Gasteiger charge is 2.34. The lowest BCUT2D eigenvalue weighted by molar-refractivity contribution is -0.137. The van der Waals surface area contributed by atoms with Crippen molar-refractivity contribution in [2.45, 2.75) is 31.3 Å². The first kappa shape index (κ1) is 11.6. The van der Waals surface area contributed by atoms with Gasteiger partial charge in [-0.05, 0) is 25.0 Å². The number of carbonyl (C=O) groups excluding carboxylic acids is 1. The third-order valence-corrected chi connectivity index (χ3v) is 3.97. The Bertz CT molecular complexity index is 288. The van der Waals surface area contributed by atoms with Crippen LogP contribution < -0.4 is 5.32 Å². The molecule has 6 heteroatoms. The van der Waals surface area contributed by atoms with Gasteiger partial charge in [0.1, 0.15) is 6.54 Å². The largest absolute Gasteiger partial charge is 0.480 e. The summed E-state index contributed by atoms with van der Waals surface area (Å²) in [6.07, 6.45) is 2.85. The van der Waals surface area contributed by atoms with E-state index in [1.807, 2.05) is 11.8 Å². The Balaban J connectivity index is 1.85. The van der Waals surface area contributed by atoms with Crippen LogP contribution in [0.2, 0.25) is 0 Å². The average molecular weight is 244 g/mol. The molecule has 1 aliphatic heterocycles. The normalized spacial score (nSPS) is 24.1. The lowest BCUT2D eigenvalue weighted by Crippen LogP contribution is -2.47. The molecular weight excluding hydrogens is 228 g/mol. The number of hydrogen-bond acceptors (Lipinski definition) is 3. The molecule has 1 unspecified atom stereocenters. The van der Waals surface area contributed by atoms with E-state index in [4.69, 9.17) is 5.11 Å². The molecular formula is C10H16N2O3S. The van der Waals surface area contributed by atoms with Gasteiger partial charge in [-0.25, -0.2) is 4.79 Å².